The number of carboxylic acids is 1. The first-order valence-corrected chi connectivity index (χ1v) is 6.04. The van der Waals surface area contributed by atoms with Crippen molar-refractivity contribution < 1.29 is 14.7 Å². The second-order valence-electron chi connectivity index (χ2n) is 4.82. The van der Waals surface area contributed by atoms with Gasteiger partial charge in [0.25, 0.3) is 0 Å². The Morgan fingerprint density at radius 2 is 2.16 bits per heavy atom. The topological polar surface area (TPSA) is 86.9 Å². The van der Waals surface area contributed by atoms with Crippen LogP contribution in [0.5, 0.6) is 0 Å². The summed E-state index contributed by atoms with van der Waals surface area (Å²) >= 11 is 0. The summed E-state index contributed by atoms with van der Waals surface area (Å²) in [5.41, 5.74) is 7.43. The molecule has 3 N–H and O–H groups in total. The van der Waals surface area contributed by atoms with Crippen LogP contribution in [0.4, 0.5) is 11.4 Å². The molecule has 1 atom stereocenters. The number of rotatable bonds is 3. The van der Waals surface area contributed by atoms with Crippen LogP contribution in [0.3, 0.4) is 0 Å². The van der Waals surface area contributed by atoms with E-state index in [2.05, 4.69) is 0 Å². The predicted molar refractivity (Wildman–Crippen MR) is 72.7 cm³/mol. The van der Waals surface area contributed by atoms with Crippen molar-refractivity contribution in [2.75, 3.05) is 29.9 Å². The van der Waals surface area contributed by atoms with Crippen molar-refractivity contribution in [1.82, 2.24) is 0 Å². The van der Waals surface area contributed by atoms with Crippen molar-refractivity contribution in [3.63, 3.8) is 0 Å². The van der Waals surface area contributed by atoms with Crippen LogP contribution in [0.1, 0.15) is 17.3 Å². The maximum absolute atomic E-state index is 11.9. The van der Waals surface area contributed by atoms with Crippen LogP contribution in [-0.2, 0) is 4.79 Å². The van der Waals surface area contributed by atoms with E-state index < -0.39 is 5.97 Å². The number of carbonyl (C=O) groups is 2. The van der Waals surface area contributed by atoms with E-state index >= 15 is 0 Å². The summed E-state index contributed by atoms with van der Waals surface area (Å²) in [6.45, 7) is 2.58. The second kappa shape index (κ2) is 4.89. The van der Waals surface area contributed by atoms with Crippen molar-refractivity contribution in [2.24, 2.45) is 5.73 Å². The first kappa shape index (κ1) is 13.4. The molecule has 6 heteroatoms. The molecule has 2 rings (SSSR count). The molecule has 1 heterocycles. The van der Waals surface area contributed by atoms with Crippen LogP contribution in [0, 0.1) is 0 Å². The maximum atomic E-state index is 11.9. The molecule has 0 spiro atoms. The van der Waals surface area contributed by atoms with Gasteiger partial charge in [0.1, 0.15) is 0 Å². The zero-order valence-corrected chi connectivity index (χ0v) is 11.0. The van der Waals surface area contributed by atoms with Crippen molar-refractivity contribution in [1.29, 1.82) is 0 Å². The van der Waals surface area contributed by atoms with Crippen LogP contribution < -0.4 is 15.5 Å². The average Bonchev–Trinajstić information content (AvgIpc) is 2.34. The normalized spacial score (nSPS) is 16.3. The summed E-state index contributed by atoms with van der Waals surface area (Å²) in [7, 11) is 1.69. The zero-order valence-electron chi connectivity index (χ0n) is 11.0. The molecule has 19 heavy (non-hydrogen) atoms. The Labute approximate surface area is 111 Å². The van der Waals surface area contributed by atoms with Crippen LogP contribution in [0.25, 0.3) is 0 Å². The molecule has 0 saturated carbocycles. The molecule has 0 radical (unpaired) electrons. The van der Waals surface area contributed by atoms with Crippen LogP contribution in [-0.4, -0.2) is 43.2 Å². The number of anilines is 2. The molecular formula is C13H17N3O3. The van der Waals surface area contributed by atoms with Gasteiger partial charge < -0.3 is 20.6 Å². The smallest absolute Gasteiger partial charge is 0.335 e. The Hall–Kier alpha value is -2.08. The fourth-order valence-electron chi connectivity index (χ4n) is 2.19. The Balaban J connectivity index is 2.47. The number of nitrogens with zero attached hydrogens (tertiary/aromatic N) is 2. The van der Waals surface area contributed by atoms with Gasteiger partial charge in [0.15, 0.2) is 0 Å². The predicted octanol–water partition coefficient (Wildman–Crippen LogP) is 0.515. The summed E-state index contributed by atoms with van der Waals surface area (Å²) in [6.07, 6.45) is 0. The number of nitrogens with two attached hydrogens (primary N) is 1. The second-order valence-corrected chi connectivity index (χ2v) is 4.82. The third kappa shape index (κ3) is 2.53. The molecule has 1 unspecified atom stereocenters. The van der Waals surface area contributed by atoms with Crippen LogP contribution in [0.2, 0.25) is 0 Å². The maximum Gasteiger partial charge on any atom is 0.335 e. The van der Waals surface area contributed by atoms with Crippen molar-refractivity contribution in [2.45, 2.75) is 13.0 Å². The molecule has 1 aliphatic rings. The third-order valence-corrected chi connectivity index (χ3v) is 3.13. The van der Waals surface area contributed by atoms with Gasteiger partial charge in [0.2, 0.25) is 5.91 Å². The van der Waals surface area contributed by atoms with Crippen molar-refractivity contribution >= 4 is 23.3 Å². The monoisotopic (exact) mass is 263 g/mol. The molecule has 0 bridgehead atoms. The summed E-state index contributed by atoms with van der Waals surface area (Å²) in [6, 6.07) is 4.64. The lowest BCUT2D eigenvalue weighted by atomic mass is 10.1. The first-order valence-electron chi connectivity index (χ1n) is 6.04. The standard InChI is InChI=1S/C13H17N3O3/c1-8(14)6-16-7-12(17)15(2)10-4-3-9(13(18)19)5-11(10)16/h3-5,8H,6-7,14H2,1-2H3,(H,18,19). The van der Waals surface area contributed by atoms with E-state index in [-0.39, 0.29) is 24.1 Å². The molecule has 0 aliphatic carbocycles. The lowest BCUT2D eigenvalue weighted by Gasteiger charge is -2.36. The van der Waals surface area contributed by atoms with Gasteiger partial charge in [0.05, 0.1) is 23.5 Å². The van der Waals surface area contributed by atoms with E-state index in [0.29, 0.717) is 12.2 Å². The van der Waals surface area contributed by atoms with Gasteiger partial charge in [-0.3, -0.25) is 4.79 Å². The van der Waals surface area contributed by atoms with Gasteiger partial charge in [-0.2, -0.15) is 0 Å². The number of hydrogen-bond donors (Lipinski definition) is 2. The third-order valence-electron chi connectivity index (χ3n) is 3.13. The summed E-state index contributed by atoms with van der Waals surface area (Å²) in [4.78, 5) is 26.3. The molecular weight excluding hydrogens is 246 g/mol. The van der Waals surface area contributed by atoms with E-state index in [1.807, 2.05) is 11.8 Å². The Morgan fingerprint density at radius 1 is 1.47 bits per heavy atom. The van der Waals surface area contributed by atoms with Gasteiger partial charge in [-0.1, -0.05) is 0 Å². The molecule has 1 aromatic rings. The van der Waals surface area contributed by atoms with E-state index in [1.165, 1.54) is 6.07 Å². The Kier molecular flexibility index (Phi) is 3.44. The molecule has 1 aromatic carbocycles. The number of fused-ring (bicyclic) bond motifs is 1. The lowest BCUT2D eigenvalue weighted by molar-refractivity contribution is -0.117. The SMILES string of the molecule is CC(N)CN1CC(=O)N(C)c2ccc(C(=O)O)cc21. The minimum absolute atomic E-state index is 0.0313. The number of aromatic carboxylic acids is 1. The molecule has 6 nitrogen and oxygen atoms in total. The number of hydrogen-bond acceptors (Lipinski definition) is 4. The van der Waals surface area contributed by atoms with Gasteiger partial charge in [0, 0.05) is 19.6 Å². The highest BCUT2D eigenvalue weighted by Crippen LogP contribution is 2.33. The van der Waals surface area contributed by atoms with E-state index in [4.69, 9.17) is 10.8 Å². The van der Waals surface area contributed by atoms with Crippen LogP contribution >= 0.6 is 0 Å². The minimum atomic E-state index is -0.983. The summed E-state index contributed by atoms with van der Waals surface area (Å²) < 4.78 is 0. The van der Waals surface area contributed by atoms with Gasteiger partial charge >= 0.3 is 5.97 Å². The quantitative estimate of drug-likeness (QED) is 0.830. The average molecular weight is 263 g/mol. The highest BCUT2D eigenvalue weighted by atomic mass is 16.4. The molecule has 1 aliphatic heterocycles. The fourth-order valence-corrected chi connectivity index (χ4v) is 2.19. The Bertz CT molecular complexity index is 528. The number of amides is 1. The molecule has 0 aromatic heterocycles. The zero-order chi connectivity index (χ0) is 14.2. The minimum Gasteiger partial charge on any atom is -0.478 e. The molecule has 102 valence electrons. The lowest BCUT2D eigenvalue weighted by Crippen LogP contribution is -2.47. The van der Waals surface area contributed by atoms with Crippen LogP contribution in [0.15, 0.2) is 18.2 Å². The summed E-state index contributed by atoms with van der Waals surface area (Å²) in [5.74, 6) is -1.01. The number of carboxylic acid groups (broad SMARTS) is 1. The van der Waals surface area contributed by atoms with E-state index in [9.17, 15) is 9.59 Å². The highest BCUT2D eigenvalue weighted by molar-refractivity contribution is 6.04. The Morgan fingerprint density at radius 3 is 2.74 bits per heavy atom. The van der Waals surface area contributed by atoms with Crippen molar-refractivity contribution in [3.05, 3.63) is 23.8 Å². The number of likely N-dealkylation sites (N-methyl/N-ethyl adjacent to an activating group) is 1. The van der Waals surface area contributed by atoms with E-state index in [0.717, 1.165) is 5.69 Å². The van der Waals surface area contributed by atoms with Gasteiger partial charge in [-0.05, 0) is 25.1 Å². The molecule has 0 fully saturated rings. The first-order chi connectivity index (χ1) is 8.90. The summed E-state index contributed by atoms with van der Waals surface area (Å²) in [5, 5.41) is 9.05. The fraction of sp³-hybridized carbons (Fsp3) is 0.385. The largest absolute Gasteiger partial charge is 0.478 e. The highest BCUT2D eigenvalue weighted by Gasteiger charge is 2.27. The number of carbonyl (C=O) groups excluding carboxylic acids is 1. The molecule has 0 saturated heterocycles. The molecule has 1 amide bonds. The van der Waals surface area contributed by atoms with Gasteiger partial charge in [-0.15, -0.1) is 0 Å². The van der Waals surface area contributed by atoms with Gasteiger partial charge in [-0.25, -0.2) is 4.79 Å². The van der Waals surface area contributed by atoms with Crippen molar-refractivity contribution in [3.8, 4) is 0 Å². The van der Waals surface area contributed by atoms with E-state index in [1.54, 1.807) is 24.1 Å². The number of benzene rings is 1.